The fourth-order valence-corrected chi connectivity index (χ4v) is 3.80. The Morgan fingerprint density at radius 2 is 2.08 bits per heavy atom. The van der Waals surface area contributed by atoms with Crippen molar-refractivity contribution in [2.75, 3.05) is 44.2 Å². The predicted octanol–water partition coefficient (Wildman–Crippen LogP) is 2.31. The molecule has 1 fully saturated rings. The summed E-state index contributed by atoms with van der Waals surface area (Å²) in [5, 5.41) is 15.0. The van der Waals surface area contributed by atoms with Crippen LogP contribution in [0.25, 0.3) is 0 Å². The Labute approximate surface area is 176 Å². The minimum absolute atomic E-state index is 0. The third kappa shape index (κ3) is 5.32. The third-order valence-corrected chi connectivity index (χ3v) is 5.28. The number of aryl methyl sites for hydroxylation is 1. The predicted molar refractivity (Wildman–Crippen MR) is 119 cm³/mol. The van der Waals surface area contributed by atoms with Crippen LogP contribution in [0.5, 0.6) is 0 Å². The number of rotatable bonds is 6. The molecule has 0 spiro atoms. The van der Waals surface area contributed by atoms with Crippen LogP contribution in [0, 0.1) is 0 Å². The van der Waals surface area contributed by atoms with E-state index in [-0.39, 0.29) is 24.0 Å². The Balaban J connectivity index is 0.00000243. The minimum Gasteiger partial charge on any atom is -0.360 e. The van der Waals surface area contributed by atoms with Crippen molar-refractivity contribution in [1.82, 2.24) is 25.0 Å². The molecule has 0 atom stereocenters. The van der Waals surface area contributed by atoms with Gasteiger partial charge in [-0.1, -0.05) is 6.92 Å². The average Bonchev–Trinajstić information content (AvgIpc) is 3.33. The maximum absolute atomic E-state index is 4.81. The molecule has 3 heterocycles. The van der Waals surface area contributed by atoms with Crippen molar-refractivity contribution in [3.63, 3.8) is 0 Å². The molecular formula is C17H28IN7S. The number of guanidine groups is 1. The molecule has 0 aromatic carbocycles. The lowest BCUT2D eigenvalue weighted by Gasteiger charge is -2.37. The van der Waals surface area contributed by atoms with Crippen molar-refractivity contribution in [2.45, 2.75) is 26.8 Å². The highest BCUT2D eigenvalue weighted by atomic mass is 127. The number of halogens is 1. The van der Waals surface area contributed by atoms with Crippen molar-refractivity contribution in [1.29, 1.82) is 0 Å². The molecule has 1 N–H and O–H groups in total. The zero-order valence-corrected chi connectivity index (χ0v) is 18.6. The van der Waals surface area contributed by atoms with Crippen LogP contribution in [0.2, 0.25) is 0 Å². The smallest absolute Gasteiger partial charge is 0.194 e. The summed E-state index contributed by atoms with van der Waals surface area (Å²) >= 11 is 1.81. The molecule has 26 heavy (non-hydrogen) atoms. The lowest BCUT2D eigenvalue weighted by molar-refractivity contribution is 0.373. The molecule has 1 aliphatic heterocycles. The quantitative estimate of drug-likeness (QED) is 0.384. The van der Waals surface area contributed by atoms with Gasteiger partial charge in [-0.15, -0.1) is 45.5 Å². The van der Waals surface area contributed by atoms with E-state index in [1.807, 2.05) is 11.3 Å². The topological polar surface area (TPSA) is 61.6 Å². The van der Waals surface area contributed by atoms with Gasteiger partial charge in [0.1, 0.15) is 12.2 Å². The van der Waals surface area contributed by atoms with Gasteiger partial charge in [0.25, 0.3) is 0 Å². The Kier molecular flexibility index (Phi) is 8.63. The average molecular weight is 489 g/mol. The molecule has 7 nitrogen and oxygen atoms in total. The van der Waals surface area contributed by atoms with Crippen molar-refractivity contribution in [3.8, 4) is 0 Å². The number of nitrogens with zero attached hydrogens (tertiary/aromatic N) is 6. The second-order valence-corrected chi connectivity index (χ2v) is 6.88. The van der Waals surface area contributed by atoms with Crippen LogP contribution in [0.15, 0.2) is 28.8 Å². The Hall–Kier alpha value is -1.36. The molecule has 9 heteroatoms. The van der Waals surface area contributed by atoms with Gasteiger partial charge in [0.05, 0.1) is 11.5 Å². The number of thiophene rings is 1. The molecule has 0 bridgehead atoms. The summed E-state index contributed by atoms with van der Waals surface area (Å²) in [4.78, 5) is 9.63. The molecule has 2 aromatic heterocycles. The minimum atomic E-state index is 0. The Morgan fingerprint density at radius 3 is 2.73 bits per heavy atom. The van der Waals surface area contributed by atoms with Crippen molar-refractivity contribution >= 4 is 46.3 Å². The van der Waals surface area contributed by atoms with E-state index in [1.165, 1.54) is 5.00 Å². The molecule has 144 valence electrons. The van der Waals surface area contributed by atoms with E-state index in [4.69, 9.17) is 4.99 Å². The number of piperazine rings is 1. The normalized spacial score (nSPS) is 15.1. The monoisotopic (exact) mass is 489 g/mol. The lowest BCUT2D eigenvalue weighted by atomic mass is 10.3. The molecule has 2 aromatic rings. The second-order valence-electron chi connectivity index (χ2n) is 5.96. The molecule has 0 aliphatic carbocycles. The van der Waals surface area contributed by atoms with Gasteiger partial charge in [0, 0.05) is 45.7 Å². The molecular weight excluding hydrogens is 461 g/mol. The zero-order valence-electron chi connectivity index (χ0n) is 15.5. The van der Waals surface area contributed by atoms with Crippen LogP contribution in [0.3, 0.4) is 0 Å². The largest absolute Gasteiger partial charge is 0.360 e. The number of anilines is 1. The standard InChI is InChI=1S/C17H27N7S.HI/c1-3-15-21-20-14-24(15)8-7-19-17(18-4-2)23-11-9-22(10-12-23)16-6-5-13-25-16;/h5-6,13-14H,3-4,7-12H2,1-2H3,(H,18,19);1H. The van der Waals surface area contributed by atoms with Crippen molar-refractivity contribution in [3.05, 3.63) is 29.7 Å². The molecule has 3 rings (SSSR count). The maximum atomic E-state index is 4.81. The Morgan fingerprint density at radius 1 is 1.27 bits per heavy atom. The summed E-state index contributed by atoms with van der Waals surface area (Å²) in [5.41, 5.74) is 0. The van der Waals surface area contributed by atoms with Gasteiger partial charge in [0.15, 0.2) is 5.96 Å². The highest BCUT2D eigenvalue weighted by molar-refractivity contribution is 14.0. The lowest BCUT2D eigenvalue weighted by Crippen LogP contribution is -2.52. The van der Waals surface area contributed by atoms with Crippen LogP contribution in [-0.2, 0) is 13.0 Å². The van der Waals surface area contributed by atoms with E-state index in [0.717, 1.165) is 64.0 Å². The van der Waals surface area contributed by atoms with Gasteiger partial charge in [-0.25, -0.2) is 0 Å². The fraction of sp³-hybridized carbons (Fsp3) is 0.588. The van der Waals surface area contributed by atoms with Gasteiger partial charge in [-0.3, -0.25) is 4.99 Å². The maximum Gasteiger partial charge on any atom is 0.194 e. The number of aliphatic imine (C=N–C) groups is 1. The first kappa shape index (κ1) is 20.9. The zero-order chi connectivity index (χ0) is 17.5. The van der Waals surface area contributed by atoms with Crippen molar-refractivity contribution in [2.24, 2.45) is 4.99 Å². The molecule has 0 radical (unpaired) electrons. The number of hydrogen-bond acceptors (Lipinski definition) is 5. The van der Waals surface area contributed by atoms with E-state index < -0.39 is 0 Å². The summed E-state index contributed by atoms with van der Waals surface area (Å²) in [6.45, 7) is 10.7. The van der Waals surface area contributed by atoms with Gasteiger partial charge in [0.2, 0.25) is 0 Å². The summed E-state index contributed by atoms with van der Waals surface area (Å²) in [6.07, 6.45) is 2.69. The summed E-state index contributed by atoms with van der Waals surface area (Å²) in [7, 11) is 0. The van der Waals surface area contributed by atoms with Crippen LogP contribution < -0.4 is 10.2 Å². The number of aromatic nitrogens is 3. The van der Waals surface area contributed by atoms with Gasteiger partial charge in [-0.2, -0.15) is 0 Å². The van der Waals surface area contributed by atoms with Gasteiger partial charge in [-0.05, 0) is 24.4 Å². The van der Waals surface area contributed by atoms with Crippen LogP contribution >= 0.6 is 35.3 Å². The van der Waals surface area contributed by atoms with Crippen LogP contribution in [-0.4, -0.2) is 64.9 Å². The first-order valence-corrected chi connectivity index (χ1v) is 9.88. The van der Waals surface area contributed by atoms with Gasteiger partial charge < -0.3 is 19.7 Å². The molecule has 0 amide bonds. The van der Waals surface area contributed by atoms with E-state index in [0.29, 0.717) is 0 Å². The van der Waals surface area contributed by atoms with E-state index >= 15 is 0 Å². The highest BCUT2D eigenvalue weighted by Gasteiger charge is 2.20. The van der Waals surface area contributed by atoms with E-state index in [9.17, 15) is 0 Å². The van der Waals surface area contributed by atoms with E-state index in [1.54, 1.807) is 6.33 Å². The van der Waals surface area contributed by atoms with Crippen LogP contribution in [0.4, 0.5) is 5.00 Å². The fourth-order valence-electron chi connectivity index (χ4n) is 3.02. The molecule has 0 unspecified atom stereocenters. The molecule has 0 saturated carbocycles. The third-order valence-electron chi connectivity index (χ3n) is 4.35. The summed E-state index contributed by atoms with van der Waals surface area (Å²) in [5.74, 6) is 2.03. The Bertz CT molecular complexity index is 662. The summed E-state index contributed by atoms with van der Waals surface area (Å²) < 4.78 is 2.09. The summed E-state index contributed by atoms with van der Waals surface area (Å²) in [6, 6.07) is 4.32. The highest BCUT2D eigenvalue weighted by Crippen LogP contribution is 2.22. The molecule has 1 saturated heterocycles. The molecule has 1 aliphatic rings. The first-order valence-electron chi connectivity index (χ1n) is 9.00. The second kappa shape index (κ2) is 10.7. The SMILES string of the molecule is CCNC(=NCCn1cnnc1CC)N1CCN(c2cccs2)CC1.I. The van der Waals surface area contributed by atoms with Gasteiger partial charge >= 0.3 is 0 Å². The van der Waals surface area contributed by atoms with Crippen molar-refractivity contribution < 1.29 is 0 Å². The number of hydrogen-bond donors (Lipinski definition) is 1. The van der Waals surface area contributed by atoms with E-state index in [2.05, 4.69) is 61.2 Å². The number of nitrogens with one attached hydrogen (secondary N) is 1. The first-order chi connectivity index (χ1) is 12.3. The van der Waals surface area contributed by atoms with Crippen LogP contribution in [0.1, 0.15) is 19.7 Å².